The van der Waals surface area contributed by atoms with Crippen LogP contribution >= 0.6 is 0 Å². The lowest BCUT2D eigenvalue weighted by Crippen LogP contribution is -2.48. The minimum atomic E-state index is -2.16. The number of halogens is 2. The van der Waals surface area contributed by atoms with Crippen LogP contribution in [0.25, 0.3) is 0 Å². The number of hydrogen-bond acceptors (Lipinski definition) is 1. The monoisotopic (exact) mass is 191 g/mol. The summed E-state index contributed by atoms with van der Waals surface area (Å²) in [6.07, 6.45) is -0.560. The number of likely N-dealkylation sites (tertiary alicyclic amines) is 1. The normalized spacial score (nSPS) is 31.6. The summed E-state index contributed by atoms with van der Waals surface area (Å²) < 4.78 is 25.4. The molecule has 0 amide bonds. The van der Waals surface area contributed by atoms with E-state index in [2.05, 4.69) is 4.90 Å². The van der Waals surface area contributed by atoms with Crippen LogP contribution in [0.2, 0.25) is 0 Å². The molecule has 0 aromatic carbocycles. The molecule has 1 rings (SSSR count). The largest absolute Gasteiger partial charge is 0.303 e. The third kappa shape index (κ3) is 2.39. The van der Waals surface area contributed by atoms with Gasteiger partial charge in [0.05, 0.1) is 0 Å². The summed E-state index contributed by atoms with van der Waals surface area (Å²) in [7, 11) is 1.96. The van der Waals surface area contributed by atoms with Crippen LogP contribution < -0.4 is 0 Å². The van der Waals surface area contributed by atoms with E-state index in [9.17, 15) is 8.78 Å². The lowest BCUT2D eigenvalue weighted by atomic mass is 9.83. The van der Waals surface area contributed by atoms with Crippen LogP contribution in [-0.4, -0.2) is 31.0 Å². The molecule has 0 N–H and O–H groups in total. The average Bonchev–Trinajstić information content (AvgIpc) is 2.02. The number of piperidine rings is 1. The fraction of sp³-hybridized carbons (Fsp3) is 1.00. The fourth-order valence-electron chi connectivity index (χ4n) is 2.50. The highest BCUT2D eigenvalue weighted by Gasteiger charge is 2.36. The van der Waals surface area contributed by atoms with Crippen molar-refractivity contribution < 1.29 is 8.78 Å². The SMILES string of the molecule is CC(C)C1C(C(F)F)CCCN1C. The number of nitrogens with zero attached hydrogens (tertiary/aromatic N) is 1. The zero-order chi connectivity index (χ0) is 10.0. The van der Waals surface area contributed by atoms with Crippen LogP contribution in [0.4, 0.5) is 8.78 Å². The Balaban J connectivity index is 2.68. The average molecular weight is 191 g/mol. The molecular formula is C10H19F2N. The molecule has 78 valence electrons. The predicted octanol–water partition coefficient (Wildman–Crippen LogP) is 2.62. The van der Waals surface area contributed by atoms with Crippen molar-refractivity contribution in [1.29, 1.82) is 0 Å². The zero-order valence-electron chi connectivity index (χ0n) is 8.63. The summed E-state index contributed by atoms with van der Waals surface area (Å²) >= 11 is 0. The molecule has 1 heterocycles. The summed E-state index contributed by atoms with van der Waals surface area (Å²) in [5, 5.41) is 0. The Kier molecular flexibility index (Phi) is 3.65. The minimum absolute atomic E-state index is 0.0637. The van der Waals surface area contributed by atoms with Gasteiger partial charge in [-0.05, 0) is 32.4 Å². The molecule has 0 aromatic heterocycles. The summed E-state index contributed by atoms with van der Waals surface area (Å²) in [6.45, 7) is 5.02. The molecule has 2 atom stereocenters. The van der Waals surface area contributed by atoms with E-state index in [0.717, 1.165) is 13.0 Å². The lowest BCUT2D eigenvalue weighted by molar-refractivity contribution is -0.0216. The molecule has 2 unspecified atom stereocenters. The topological polar surface area (TPSA) is 3.24 Å². The zero-order valence-corrected chi connectivity index (χ0v) is 8.63. The molecule has 0 aliphatic carbocycles. The maximum absolute atomic E-state index is 12.7. The van der Waals surface area contributed by atoms with Crippen molar-refractivity contribution in [1.82, 2.24) is 4.90 Å². The van der Waals surface area contributed by atoms with Gasteiger partial charge in [0.25, 0.3) is 0 Å². The molecule has 0 aromatic rings. The molecule has 0 saturated carbocycles. The van der Waals surface area contributed by atoms with Gasteiger partial charge in [-0.1, -0.05) is 13.8 Å². The van der Waals surface area contributed by atoms with Crippen molar-refractivity contribution >= 4 is 0 Å². The second-order valence-corrected chi connectivity index (χ2v) is 4.36. The summed E-state index contributed by atoms with van der Waals surface area (Å²) in [4.78, 5) is 2.09. The first-order valence-corrected chi connectivity index (χ1v) is 5.02. The third-order valence-corrected chi connectivity index (χ3v) is 3.00. The molecule has 0 radical (unpaired) electrons. The first-order chi connectivity index (χ1) is 6.04. The number of rotatable bonds is 2. The number of hydrogen-bond donors (Lipinski definition) is 0. The van der Waals surface area contributed by atoms with Crippen molar-refractivity contribution in [2.75, 3.05) is 13.6 Å². The first-order valence-electron chi connectivity index (χ1n) is 5.02. The van der Waals surface area contributed by atoms with Crippen LogP contribution in [-0.2, 0) is 0 Å². The summed E-state index contributed by atoms with van der Waals surface area (Å²) in [6, 6.07) is 0.0637. The molecule has 13 heavy (non-hydrogen) atoms. The van der Waals surface area contributed by atoms with E-state index in [4.69, 9.17) is 0 Å². The Labute approximate surface area is 79.1 Å². The Morgan fingerprint density at radius 3 is 2.31 bits per heavy atom. The third-order valence-electron chi connectivity index (χ3n) is 3.00. The van der Waals surface area contributed by atoms with E-state index < -0.39 is 12.3 Å². The minimum Gasteiger partial charge on any atom is -0.303 e. The predicted molar refractivity (Wildman–Crippen MR) is 50.0 cm³/mol. The highest BCUT2D eigenvalue weighted by molar-refractivity contribution is 4.85. The van der Waals surface area contributed by atoms with E-state index in [1.165, 1.54) is 0 Å². The Morgan fingerprint density at radius 2 is 1.92 bits per heavy atom. The van der Waals surface area contributed by atoms with E-state index in [1.54, 1.807) is 0 Å². The van der Waals surface area contributed by atoms with Gasteiger partial charge < -0.3 is 4.90 Å². The van der Waals surface area contributed by atoms with Gasteiger partial charge in [0.2, 0.25) is 6.43 Å². The smallest absolute Gasteiger partial charge is 0.242 e. The highest BCUT2D eigenvalue weighted by Crippen LogP contribution is 2.31. The van der Waals surface area contributed by atoms with E-state index >= 15 is 0 Å². The molecule has 0 spiro atoms. The van der Waals surface area contributed by atoms with Crippen LogP contribution in [0, 0.1) is 11.8 Å². The van der Waals surface area contributed by atoms with E-state index in [-0.39, 0.29) is 6.04 Å². The van der Waals surface area contributed by atoms with Gasteiger partial charge in [-0.15, -0.1) is 0 Å². The molecule has 1 nitrogen and oxygen atoms in total. The fourth-order valence-corrected chi connectivity index (χ4v) is 2.50. The van der Waals surface area contributed by atoms with Gasteiger partial charge in [-0.2, -0.15) is 0 Å². The van der Waals surface area contributed by atoms with Crippen molar-refractivity contribution in [2.45, 2.75) is 39.2 Å². The quantitative estimate of drug-likeness (QED) is 0.648. The van der Waals surface area contributed by atoms with Gasteiger partial charge in [-0.25, -0.2) is 8.78 Å². The van der Waals surface area contributed by atoms with Crippen molar-refractivity contribution in [3.05, 3.63) is 0 Å². The maximum atomic E-state index is 12.7. The van der Waals surface area contributed by atoms with Crippen molar-refractivity contribution in [3.8, 4) is 0 Å². The molecule has 3 heteroatoms. The lowest BCUT2D eigenvalue weighted by Gasteiger charge is -2.41. The highest BCUT2D eigenvalue weighted by atomic mass is 19.3. The Hall–Kier alpha value is -0.180. The standard InChI is InChI=1S/C10H19F2N/c1-7(2)9-8(10(11)12)5-4-6-13(9)3/h7-10H,4-6H2,1-3H3. The number of alkyl halides is 2. The van der Waals surface area contributed by atoms with Gasteiger partial charge in [0.15, 0.2) is 0 Å². The summed E-state index contributed by atoms with van der Waals surface area (Å²) in [5.41, 5.74) is 0. The molecule has 1 saturated heterocycles. The summed E-state index contributed by atoms with van der Waals surface area (Å²) in [5.74, 6) is -0.0944. The maximum Gasteiger partial charge on any atom is 0.242 e. The van der Waals surface area contributed by atoms with Gasteiger partial charge in [0, 0.05) is 12.0 Å². The molecule has 1 fully saturated rings. The van der Waals surface area contributed by atoms with Crippen LogP contribution in [0.5, 0.6) is 0 Å². The Bertz CT molecular complexity index is 159. The van der Waals surface area contributed by atoms with Crippen molar-refractivity contribution in [3.63, 3.8) is 0 Å². The molecule has 1 aliphatic rings. The molecule has 0 bridgehead atoms. The van der Waals surface area contributed by atoms with Gasteiger partial charge >= 0.3 is 0 Å². The van der Waals surface area contributed by atoms with E-state index in [0.29, 0.717) is 12.3 Å². The second-order valence-electron chi connectivity index (χ2n) is 4.36. The van der Waals surface area contributed by atoms with E-state index in [1.807, 2.05) is 20.9 Å². The van der Waals surface area contributed by atoms with Gasteiger partial charge in [-0.3, -0.25) is 0 Å². The van der Waals surface area contributed by atoms with Crippen LogP contribution in [0.1, 0.15) is 26.7 Å². The van der Waals surface area contributed by atoms with Gasteiger partial charge in [0.1, 0.15) is 0 Å². The van der Waals surface area contributed by atoms with Crippen LogP contribution in [0.3, 0.4) is 0 Å². The Morgan fingerprint density at radius 1 is 1.31 bits per heavy atom. The molecule has 1 aliphatic heterocycles. The first kappa shape index (κ1) is 10.9. The van der Waals surface area contributed by atoms with Crippen LogP contribution in [0.15, 0.2) is 0 Å². The second kappa shape index (κ2) is 4.36. The molecular weight excluding hydrogens is 172 g/mol. The van der Waals surface area contributed by atoms with Crippen molar-refractivity contribution in [2.24, 2.45) is 11.8 Å².